The zero-order chi connectivity index (χ0) is 2.71. The molecule has 0 spiro atoms. The summed E-state index contributed by atoms with van der Waals surface area (Å²) in [6, 6.07) is 0. The predicted octanol–water partition coefficient (Wildman–Crippen LogP) is 1.28. The Kier molecular flexibility index (Phi) is 217000. The van der Waals surface area contributed by atoms with Crippen molar-refractivity contribution in [3.63, 3.8) is 0 Å². The summed E-state index contributed by atoms with van der Waals surface area (Å²) in [6.45, 7) is 5.25. The van der Waals surface area contributed by atoms with Gasteiger partial charge in [-0.05, 0) is 6.92 Å². The Morgan fingerprint density at radius 1 is 0.800 bits per heavy atom. The van der Waals surface area contributed by atoms with E-state index in [-0.39, 0.29) is 33.7 Å². The van der Waals surface area contributed by atoms with Crippen LogP contribution in [0.2, 0.25) is 0 Å². The third-order valence-electron chi connectivity index (χ3n) is 0. The monoisotopic (exact) mass is 180 g/mol. The van der Waals surface area contributed by atoms with Gasteiger partial charge in [-0.1, -0.05) is 6.08 Å². The zero-order valence-corrected chi connectivity index (χ0v) is 5.23. The Morgan fingerprint density at radius 2 is 0.800 bits per heavy atom. The molecule has 0 aromatic carbocycles. The highest BCUT2D eigenvalue weighted by Gasteiger charge is 1.15. The second kappa shape index (κ2) is 5600. The van der Waals surface area contributed by atoms with E-state index >= 15 is 0 Å². The molecule has 0 fully saturated rings. The average molecular weight is 180 g/mol. The Hall–Kier alpha value is -0.720. The topological polar surface area (TPSA) is 31.5 Å². The quantitative estimate of drug-likeness (QED) is 0.397. The van der Waals surface area contributed by atoms with E-state index in [1.54, 1.807) is 6.08 Å². The van der Waals surface area contributed by atoms with E-state index in [4.69, 9.17) is 0 Å². The molecule has 0 rings (SSSR count). The molecule has 0 aromatic rings. The molecule has 0 atom stereocenters. The molecule has 0 aliphatic carbocycles. The molecule has 0 bridgehead atoms. The fourth-order valence-electron chi connectivity index (χ4n) is 0. The highest BCUT2D eigenvalue weighted by molar-refractivity contribution is 4.51. The van der Waals surface area contributed by atoms with Crippen molar-refractivity contribution in [3.05, 3.63) is 12.7 Å². The molecule has 2 N–H and O–H groups in total. The van der Waals surface area contributed by atoms with Crippen LogP contribution in [0, 0.1) is 0 Å². The lowest BCUT2D eigenvalue weighted by molar-refractivity contribution is 0.824. The van der Waals surface area contributed by atoms with Gasteiger partial charge in [0.25, 0.3) is 0 Å². The second-order valence-electron chi connectivity index (χ2n) is 0.408. The Labute approximate surface area is 54.6 Å². The fourth-order valence-corrected chi connectivity index (χ4v) is 0. The number of rotatable bonds is 0. The molecule has 74 valence electrons. The number of allylic oxidation sites excluding steroid dienone is 1. The third-order valence-corrected chi connectivity index (χ3v) is 0. The van der Waals surface area contributed by atoms with Crippen molar-refractivity contribution in [1.82, 2.24) is 0 Å². The lowest BCUT2D eigenvalue weighted by Crippen LogP contribution is -1.07. The van der Waals surface area contributed by atoms with E-state index in [0.29, 0.717) is 0 Å². The third kappa shape index (κ3) is 554. The van der Waals surface area contributed by atoms with Gasteiger partial charge < -0.3 is 5.48 Å². The van der Waals surface area contributed by atoms with Gasteiger partial charge in [0.2, 0.25) is 0 Å². The van der Waals surface area contributed by atoms with Gasteiger partial charge >= 0.3 is 0 Å². The zero-order valence-electron chi connectivity index (χ0n) is 5.23. The summed E-state index contributed by atoms with van der Waals surface area (Å²) in [5, 5.41) is 0. The summed E-state index contributed by atoms with van der Waals surface area (Å²) < 4.78 is 0. The molecule has 0 amide bonds. The molecule has 0 saturated carbocycles. The summed E-state index contributed by atoms with van der Waals surface area (Å²) in [7, 11) is 0. The van der Waals surface area contributed by atoms with Crippen LogP contribution < -0.4 is 0 Å². The van der Waals surface area contributed by atoms with Crippen LogP contribution in [0.5, 0.6) is 0 Å². The van der Waals surface area contributed by atoms with Crippen molar-refractivity contribution in [2.75, 3.05) is 0 Å². The van der Waals surface area contributed by atoms with E-state index < -0.39 is 0 Å². The fraction of sp³-hybridized carbons (Fsp3) is 0.333. The summed E-state index contributed by atoms with van der Waals surface area (Å²) in [6.07, 6.45) is 1.75. The van der Waals surface area contributed by atoms with Gasteiger partial charge in [0, 0.05) is 0 Å². The van der Waals surface area contributed by atoms with Crippen LogP contribution in [-0.4, -0.2) is 5.48 Å². The largest absolute Gasteiger partial charge is 0.412 e. The highest BCUT2D eigenvalue weighted by Crippen LogP contribution is 1.38. The minimum absolute atomic E-state index is 0. The summed E-state index contributed by atoms with van der Waals surface area (Å²) in [5.41, 5.74) is 0. The van der Waals surface area contributed by atoms with Crippen LogP contribution in [-0.2, 0) is 0 Å². The smallest absolute Gasteiger partial charge is 0.0473 e. The predicted molar refractivity (Wildman–Crippen MR) is 34.5 cm³/mol. The van der Waals surface area contributed by atoms with Crippen LogP contribution in [0.4, 0.5) is 28.2 Å². The lowest BCUT2D eigenvalue weighted by atomic mass is 10.8. The first kappa shape index (κ1) is 388. The van der Waals surface area contributed by atoms with Crippen molar-refractivity contribution < 1.29 is 33.7 Å². The number of hydrogen-bond acceptors (Lipinski definition) is 0. The summed E-state index contributed by atoms with van der Waals surface area (Å²) in [5.74, 6) is 0. The normalized spacial score (nSPS) is 1.30. The first-order valence-electron chi connectivity index (χ1n) is 0.986. The van der Waals surface area contributed by atoms with Crippen molar-refractivity contribution in [3.8, 4) is 0 Å². The maximum atomic E-state index is 3.36. The van der Waals surface area contributed by atoms with Gasteiger partial charge in [0.15, 0.2) is 0 Å². The van der Waals surface area contributed by atoms with Crippen molar-refractivity contribution in [2.45, 2.75) is 6.92 Å². The molecule has 0 aliphatic rings. The van der Waals surface area contributed by atoms with Crippen LogP contribution in [0.1, 0.15) is 6.92 Å². The van der Waals surface area contributed by atoms with Gasteiger partial charge in [-0.25, -0.2) is 0 Å². The van der Waals surface area contributed by atoms with E-state index in [1.165, 1.54) is 0 Å². The van der Waals surface area contributed by atoms with Gasteiger partial charge in [0.1, 0.15) is 0 Å². The molecule has 0 aliphatic heterocycles. The minimum Gasteiger partial charge on any atom is -0.412 e. The maximum absolute atomic E-state index is 3.36. The van der Waals surface area contributed by atoms with Crippen molar-refractivity contribution in [1.29, 1.82) is 0 Å². The molecule has 7 heteroatoms. The van der Waals surface area contributed by atoms with Crippen LogP contribution in [0.15, 0.2) is 12.7 Å². The van der Waals surface area contributed by atoms with E-state index in [1.807, 2.05) is 6.92 Å². The maximum Gasteiger partial charge on any atom is -0.0473 e. The first-order chi connectivity index (χ1) is 1.41. The van der Waals surface area contributed by atoms with Crippen LogP contribution in [0.3, 0.4) is 0 Å². The summed E-state index contributed by atoms with van der Waals surface area (Å²) >= 11 is 0. The molecule has 0 aromatic heterocycles. The molecular weight excluding hydrogens is 166 g/mol. The van der Waals surface area contributed by atoms with Crippen molar-refractivity contribution in [2.24, 2.45) is 0 Å². The van der Waals surface area contributed by atoms with Crippen LogP contribution in [0.25, 0.3) is 0 Å². The Bertz CT molecular complexity index is 20.5. The molecule has 1 nitrogen and oxygen atoms in total. The second-order valence-corrected chi connectivity index (χ2v) is 0.408. The standard InChI is InChI=1S/C3H6.6FH.H2O/c1-3-2;;;;;;;/h3H,1H2,2H3;6*1H;1H2. The van der Waals surface area contributed by atoms with Gasteiger partial charge in [-0.2, -0.15) is 0 Å². The first-order valence-corrected chi connectivity index (χ1v) is 0.986. The molecular formula is C3H14F6O. The number of halogens is 6. The molecule has 0 heterocycles. The van der Waals surface area contributed by atoms with Gasteiger partial charge in [0.05, 0.1) is 0 Å². The van der Waals surface area contributed by atoms with E-state index in [0.717, 1.165) is 0 Å². The Balaban J connectivity index is -0.000000000952. The van der Waals surface area contributed by atoms with E-state index in [2.05, 4.69) is 6.58 Å². The van der Waals surface area contributed by atoms with Gasteiger partial charge in [-0.15, -0.1) is 6.58 Å². The molecule has 0 saturated heterocycles. The molecule has 10 heavy (non-hydrogen) atoms. The minimum atomic E-state index is 0. The highest BCUT2D eigenvalue weighted by atomic mass is 19.0. The van der Waals surface area contributed by atoms with Gasteiger partial charge in [-0.3, -0.25) is 28.2 Å². The lowest BCUT2D eigenvalue weighted by Gasteiger charge is -1.31. The van der Waals surface area contributed by atoms with Crippen LogP contribution >= 0.6 is 0 Å². The number of hydrogen-bond donors (Lipinski definition) is 0. The SMILES string of the molecule is C=CC.F.F.F.F.F.F.O. The Morgan fingerprint density at radius 3 is 0.800 bits per heavy atom. The molecule has 0 radical (unpaired) electrons. The average Bonchev–Trinajstić information content (AvgIpc) is 0.918. The summed E-state index contributed by atoms with van der Waals surface area (Å²) in [4.78, 5) is 0. The molecule has 0 unspecified atom stereocenters. The van der Waals surface area contributed by atoms with Crippen molar-refractivity contribution >= 4 is 0 Å². The van der Waals surface area contributed by atoms with E-state index in [9.17, 15) is 0 Å².